The fraction of sp³-hybridized carbons (Fsp3) is 0.300. The van der Waals surface area contributed by atoms with Crippen LogP contribution in [0.5, 0.6) is 0 Å². The van der Waals surface area contributed by atoms with Crippen LogP contribution in [-0.4, -0.2) is 0 Å². The Labute approximate surface area is 84.2 Å². The molecule has 1 aromatic heterocycles. The lowest BCUT2D eigenvalue weighted by Crippen LogP contribution is -3.00. The van der Waals surface area contributed by atoms with Crippen molar-refractivity contribution in [1.82, 2.24) is 0 Å². The summed E-state index contributed by atoms with van der Waals surface area (Å²) in [7, 11) is 0. The van der Waals surface area contributed by atoms with E-state index in [4.69, 9.17) is 6.42 Å². The molecule has 1 aromatic rings. The van der Waals surface area contributed by atoms with Crippen LogP contribution in [0.3, 0.4) is 0 Å². The van der Waals surface area contributed by atoms with Crippen molar-refractivity contribution in [3.05, 3.63) is 29.6 Å². The first kappa shape index (κ1) is 11.2. The molecular weight excluding hydrogens is 214 g/mol. The van der Waals surface area contributed by atoms with Gasteiger partial charge in [0.1, 0.15) is 0 Å². The molecule has 0 bridgehead atoms. The monoisotopic (exact) mass is 225 g/mol. The minimum absolute atomic E-state index is 0. The van der Waals surface area contributed by atoms with E-state index in [0.29, 0.717) is 6.54 Å². The summed E-state index contributed by atoms with van der Waals surface area (Å²) in [5.41, 5.74) is 2.48. The molecule has 2 heteroatoms. The van der Waals surface area contributed by atoms with Gasteiger partial charge < -0.3 is 17.0 Å². The molecular formula is C10H12BrN. The number of terminal acetylenes is 1. The smallest absolute Gasteiger partial charge is 0.209 e. The lowest BCUT2D eigenvalue weighted by molar-refractivity contribution is -0.690. The molecule has 0 atom stereocenters. The molecule has 1 heterocycles. The van der Waals surface area contributed by atoms with Gasteiger partial charge in [0.05, 0.1) is 0 Å². The summed E-state index contributed by atoms with van der Waals surface area (Å²) in [6.45, 7) is 4.80. The van der Waals surface area contributed by atoms with Gasteiger partial charge in [-0.1, -0.05) is 0 Å². The minimum atomic E-state index is 0. The molecule has 12 heavy (non-hydrogen) atoms. The van der Waals surface area contributed by atoms with E-state index >= 15 is 0 Å². The number of aromatic nitrogens is 1. The van der Waals surface area contributed by atoms with E-state index in [1.54, 1.807) is 0 Å². The Balaban J connectivity index is 0.00000121. The lowest BCUT2D eigenvalue weighted by atomic mass is 10.2. The molecule has 0 unspecified atom stereocenters. The van der Waals surface area contributed by atoms with Crippen LogP contribution in [-0.2, 0) is 6.54 Å². The summed E-state index contributed by atoms with van der Waals surface area (Å²) in [5, 5.41) is 0. The average molecular weight is 226 g/mol. The van der Waals surface area contributed by atoms with E-state index in [1.165, 1.54) is 11.3 Å². The van der Waals surface area contributed by atoms with Gasteiger partial charge in [-0.2, -0.15) is 4.57 Å². The van der Waals surface area contributed by atoms with Gasteiger partial charge in [-0.3, -0.25) is 0 Å². The standard InChI is InChI=1S/C10H12N.BrH/c1-4-6-11-7-5-9(2)8-10(11)3;/h1,5,7-8H,6H2,2-3H3;1H/q+1;/p-1. The Morgan fingerprint density at radius 1 is 1.50 bits per heavy atom. The third-order valence-corrected chi connectivity index (χ3v) is 1.67. The zero-order chi connectivity index (χ0) is 8.27. The highest BCUT2D eigenvalue weighted by Gasteiger charge is 2.01. The Kier molecular flexibility index (Phi) is 4.61. The normalized spacial score (nSPS) is 8.42. The maximum Gasteiger partial charge on any atom is 0.209 e. The number of hydrogen-bond acceptors (Lipinski definition) is 0. The van der Waals surface area contributed by atoms with Gasteiger partial charge in [0, 0.05) is 19.1 Å². The summed E-state index contributed by atoms with van der Waals surface area (Å²) in [5.74, 6) is 2.61. The highest BCUT2D eigenvalue weighted by molar-refractivity contribution is 5.09. The maximum atomic E-state index is 5.20. The summed E-state index contributed by atoms with van der Waals surface area (Å²) in [4.78, 5) is 0. The van der Waals surface area contributed by atoms with Crippen LogP contribution in [0.2, 0.25) is 0 Å². The van der Waals surface area contributed by atoms with E-state index < -0.39 is 0 Å². The largest absolute Gasteiger partial charge is 1.00 e. The topological polar surface area (TPSA) is 3.88 Å². The van der Waals surface area contributed by atoms with Gasteiger partial charge in [0.15, 0.2) is 11.9 Å². The van der Waals surface area contributed by atoms with Crippen molar-refractivity contribution in [2.75, 3.05) is 0 Å². The van der Waals surface area contributed by atoms with Gasteiger partial charge in [0.2, 0.25) is 6.54 Å². The predicted octanol–water partition coefficient (Wildman–Crippen LogP) is -1.77. The van der Waals surface area contributed by atoms with Crippen molar-refractivity contribution in [3.63, 3.8) is 0 Å². The Morgan fingerprint density at radius 3 is 2.67 bits per heavy atom. The molecule has 0 aliphatic rings. The number of aryl methyl sites for hydroxylation is 2. The van der Waals surface area contributed by atoms with Crippen LogP contribution < -0.4 is 21.5 Å². The van der Waals surface area contributed by atoms with Crippen molar-refractivity contribution < 1.29 is 21.5 Å². The van der Waals surface area contributed by atoms with Gasteiger partial charge in [-0.25, -0.2) is 0 Å². The Bertz CT molecular complexity index is 299. The molecule has 0 fully saturated rings. The Hall–Kier alpha value is -0.810. The van der Waals surface area contributed by atoms with Crippen LogP contribution in [0.1, 0.15) is 11.3 Å². The second-order valence-corrected chi connectivity index (χ2v) is 2.68. The van der Waals surface area contributed by atoms with Gasteiger partial charge >= 0.3 is 0 Å². The first-order valence-corrected chi connectivity index (χ1v) is 3.64. The summed E-state index contributed by atoms with van der Waals surface area (Å²) in [6.07, 6.45) is 7.22. The molecule has 1 rings (SSSR count). The van der Waals surface area contributed by atoms with Crippen molar-refractivity contribution in [3.8, 4) is 12.3 Å². The van der Waals surface area contributed by atoms with Crippen LogP contribution in [0.25, 0.3) is 0 Å². The highest BCUT2D eigenvalue weighted by atomic mass is 79.9. The molecule has 0 spiro atoms. The second-order valence-electron chi connectivity index (χ2n) is 2.68. The molecule has 0 aromatic carbocycles. The molecule has 0 radical (unpaired) electrons. The summed E-state index contributed by atoms with van der Waals surface area (Å²) >= 11 is 0. The molecule has 0 aliphatic heterocycles. The van der Waals surface area contributed by atoms with Crippen molar-refractivity contribution >= 4 is 0 Å². The minimum Gasteiger partial charge on any atom is -1.00 e. The first-order chi connectivity index (χ1) is 5.24. The third-order valence-electron chi connectivity index (χ3n) is 1.67. The number of halogens is 1. The van der Waals surface area contributed by atoms with E-state index in [-0.39, 0.29) is 17.0 Å². The highest BCUT2D eigenvalue weighted by Crippen LogP contribution is 1.95. The van der Waals surface area contributed by atoms with Crippen molar-refractivity contribution in [1.29, 1.82) is 0 Å². The molecule has 0 amide bonds. The Morgan fingerprint density at radius 2 is 2.17 bits per heavy atom. The van der Waals surface area contributed by atoms with Crippen molar-refractivity contribution in [2.24, 2.45) is 0 Å². The first-order valence-electron chi connectivity index (χ1n) is 3.64. The number of hydrogen-bond donors (Lipinski definition) is 0. The second kappa shape index (κ2) is 4.95. The van der Waals surface area contributed by atoms with Gasteiger partial charge in [0.25, 0.3) is 0 Å². The van der Waals surface area contributed by atoms with Crippen LogP contribution in [0.15, 0.2) is 18.3 Å². The zero-order valence-electron chi connectivity index (χ0n) is 7.34. The van der Waals surface area contributed by atoms with Gasteiger partial charge in [-0.15, -0.1) is 6.42 Å². The van der Waals surface area contributed by atoms with Crippen LogP contribution in [0.4, 0.5) is 0 Å². The molecule has 0 saturated heterocycles. The molecule has 1 nitrogen and oxygen atoms in total. The summed E-state index contributed by atoms with van der Waals surface area (Å²) < 4.78 is 2.05. The van der Waals surface area contributed by atoms with Crippen LogP contribution >= 0.6 is 0 Å². The van der Waals surface area contributed by atoms with E-state index in [1.807, 2.05) is 10.8 Å². The predicted molar refractivity (Wildman–Crippen MR) is 44.9 cm³/mol. The van der Waals surface area contributed by atoms with Crippen molar-refractivity contribution in [2.45, 2.75) is 20.4 Å². The quantitative estimate of drug-likeness (QED) is 0.394. The molecule has 64 valence electrons. The van der Waals surface area contributed by atoms with E-state index in [2.05, 4.69) is 31.9 Å². The maximum absolute atomic E-state index is 5.20. The number of rotatable bonds is 1. The number of pyridine rings is 1. The van der Waals surface area contributed by atoms with E-state index in [0.717, 1.165) is 0 Å². The van der Waals surface area contributed by atoms with Crippen LogP contribution in [0, 0.1) is 26.2 Å². The molecule has 0 N–H and O–H groups in total. The fourth-order valence-electron chi connectivity index (χ4n) is 1.06. The van der Waals surface area contributed by atoms with E-state index in [9.17, 15) is 0 Å². The SMILES string of the molecule is C#CC[n+]1ccc(C)cc1C.[Br-]. The van der Waals surface area contributed by atoms with Gasteiger partial charge in [-0.05, 0) is 18.4 Å². The molecule has 0 saturated carbocycles. The average Bonchev–Trinajstić information content (AvgIpc) is 1.95. The fourth-order valence-corrected chi connectivity index (χ4v) is 1.06. The lowest BCUT2D eigenvalue weighted by Gasteiger charge is -1.95. The molecule has 0 aliphatic carbocycles. The third kappa shape index (κ3) is 2.67. The zero-order valence-corrected chi connectivity index (χ0v) is 8.93. The number of nitrogens with zero attached hydrogens (tertiary/aromatic N) is 1. The summed E-state index contributed by atoms with van der Waals surface area (Å²) in [6, 6.07) is 4.18.